The molecule has 2 rings (SSSR count). The molecule has 212 valence electrons. The Morgan fingerprint density at radius 2 is 0.789 bits per heavy atom. The van der Waals surface area contributed by atoms with Crippen LogP contribution in [0, 0.1) is 0 Å². The highest BCUT2D eigenvalue weighted by Crippen LogP contribution is 2.34. The molecule has 0 unspecified atom stereocenters. The van der Waals surface area contributed by atoms with Gasteiger partial charge >= 0.3 is 24.7 Å². The summed E-state index contributed by atoms with van der Waals surface area (Å²) in [5.74, 6) is -4.65. The molecule has 0 N–H and O–H groups in total. The van der Waals surface area contributed by atoms with Crippen LogP contribution in [0.1, 0.15) is 15.9 Å². The van der Waals surface area contributed by atoms with Gasteiger partial charge in [0, 0.05) is 0 Å². The van der Waals surface area contributed by atoms with Gasteiger partial charge in [-0.05, 0) is 36.4 Å². The van der Waals surface area contributed by atoms with Gasteiger partial charge in [-0.25, -0.2) is 0 Å². The summed E-state index contributed by atoms with van der Waals surface area (Å²) in [4.78, 5) is 13.2. The number of hydrogen-bond acceptors (Lipinski definition) is 5. The number of carbonyl (C=O) groups excluding carboxylic acids is 1. The Morgan fingerprint density at radius 3 is 1.08 bits per heavy atom. The summed E-state index contributed by atoms with van der Waals surface area (Å²) in [5, 5.41) is 0. The van der Waals surface area contributed by atoms with Crippen molar-refractivity contribution in [3.05, 3.63) is 47.5 Å². The predicted molar refractivity (Wildman–Crippen MR) is 103 cm³/mol. The van der Waals surface area contributed by atoms with E-state index in [9.17, 15) is 57.5 Å². The molecule has 0 amide bonds. The van der Waals surface area contributed by atoms with Gasteiger partial charge in [-0.1, -0.05) is 0 Å². The average Bonchev–Trinajstić information content (AvgIpc) is 2.76. The van der Waals surface area contributed by atoms with Crippen LogP contribution < -0.4 is 18.9 Å². The van der Waals surface area contributed by atoms with Crippen molar-refractivity contribution in [2.75, 3.05) is 26.4 Å². The number of ketones is 1. The van der Waals surface area contributed by atoms with Gasteiger partial charge in [-0.15, -0.1) is 0 Å². The summed E-state index contributed by atoms with van der Waals surface area (Å²) in [7, 11) is 0. The van der Waals surface area contributed by atoms with Crippen molar-refractivity contribution in [2.24, 2.45) is 0 Å². The van der Waals surface area contributed by atoms with E-state index in [1.165, 1.54) is 0 Å². The van der Waals surface area contributed by atoms with Crippen molar-refractivity contribution in [1.29, 1.82) is 0 Å². The highest BCUT2D eigenvalue weighted by molar-refractivity contribution is 6.12. The fourth-order valence-electron chi connectivity index (χ4n) is 2.60. The maximum atomic E-state index is 13.2. The Kier molecular flexibility index (Phi) is 9.26. The predicted octanol–water partition coefficient (Wildman–Crippen LogP) is 6.68. The second-order valence-corrected chi connectivity index (χ2v) is 7.26. The van der Waals surface area contributed by atoms with Crippen molar-refractivity contribution in [3.8, 4) is 23.0 Å². The number of rotatable bonds is 10. The topological polar surface area (TPSA) is 54.0 Å². The van der Waals surface area contributed by atoms with Crippen LogP contribution in [0.15, 0.2) is 36.4 Å². The Balaban J connectivity index is 2.55. The number of alkyl halides is 12. The highest BCUT2D eigenvalue weighted by Gasteiger charge is 2.33. The third-order valence-corrected chi connectivity index (χ3v) is 3.98. The highest BCUT2D eigenvalue weighted by atomic mass is 19.4. The van der Waals surface area contributed by atoms with E-state index in [-0.39, 0.29) is 0 Å². The SMILES string of the molecule is O=C(c1cc(OCC(F)(F)F)ccc1OCC(F)(F)F)c1cc(OCC(F)(F)F)ccc1OCC(F)(F)F. The Bertz CT molecular complexity index is 1020. The maximum absolute atomic E-state index is 13.2. The molecule has 0 heterocycles. The van der Waals surface area contributed by atoms with Gasteiger partial charge in [0.2, 0.25) is 5.78 Å². The minimum absolute atomic E-state index is 0.510. The van der Waals surface area contributed by atoms with Gasteiger partial charge in [-0.2, -0.15) is 52.7 Å². The third-order valence-electron chi connectivity index (χ3n) is 3.98. The van der Waals surface area contributed by atoms with Crippen molar-refractivity contribution in [3.63, 3.8) is 0 Å². The summed E-state index contributed by atoms with van der Waals surface area (Å²) in [6, 6.07) is 3.72. The van der Waals surface area contributed by atoms with E-state index in [0.717, 1.165) is 12.1 Å². The monoisotopic (exact) mass is 574 g/mol. The number of halogens is 12. The minimum Gasteiger partial charge on any atom is -0.484 e. The molecule has 0 aromatic heterocycles. The van der Waals surface area contributed by atoms with Crippen LogP contribution in [0.5, 0.6) is 23.0 Å². The molecular formula is C21H14F12O5. The molecule has 5 nitrogen and oxygen atoms in total. The molecule has 0 saturated heterocycles. The number of benzene rings is 2. The lowest BCUT2D eigenvalue weighted by Crippen LogP contribution is -2.22. The number of ether oxygens (including phenoxy) is 4. The Hall–Kier alpha value is -3.53. The molecule has 0 fully saturated rings. The standard InChI is InChI=1S/C21H14F12O5/c22-18(23,24)7-35-11-1-3-15(37-9-20(28,29)30)13(5-11)17(34)14-6-12(36-8-19(25,26)27)2-4-16(14)38-10-21(31,32)33/h1-6H,7-10H2. The summed E-state index contributed by atoms with van der Waals surface area (Å²) in [6.45, 7) is -7.74. The fourth-order valence-corrected chi connectivity index (χ4v) is 2.60. The quantitative estimate of drug-likeness (QED) is 0.234. The molecule has 0 aliphatic carbocycles. The van der Waals surface area contributed by atoms with E-state index >= 15 is 0 Å². The average molecular weight is 574 g/mol. The molecule has 2 aromatic rings. The smallest absolute Gasteiger partial charge is 0.422 e. The van der Waals surface area contributed by atoms with Gasteiger partial charge in [-0.3, -0.25) is 4.79 Å². The zero-order chi connectivity index (χ0) is 28.9. The van der Waals surface area contributed by atoms with E-state index in [4.69, 9.17) is 0 Å². The fraction of sp³-hybridized carbons (Fsp3) is 0.381. The summed E-state index contributed by atoms with van der Waals surface area (Å²) in [5.41, 5.74) is -1.86. The van der Waals surface area contributed by atoms with E-state index in [1.54, 1.807) is 0 Å². The first-order valence-corrected chi connectivity index (χ1v) is 9.83. The second-order valence-electron chi connectivity index (χ2n) is 7.26. The lowest BCUT2D eigenvalue weighted by atomic mass is 10.0. The van der Waals surface area contributed by atoms with Crippen LogP contribution in [0.2, 0.25) is 0 Å². The van der Waals surface area contributed by atoms with Gasteiger partial charge in [0.05, 0.1) is 11.1 Å². The van der Waals surface area contributed by atoms with Crippen molar-refractivity contribution in [1.82, 2.24) is 0 Å². The van der Waals surface area contributed by atoms with Gasteiger partial charge < -0.3 is 18.9 Å². The summed E-state index contributed by atoms with van der Waals surface area (Å²) in [6.07, 6.45) is -19.6. The van der Waals surface area contributed by atoms with Crippen LogP contribution in [-0.4, -0.2) is 56.9 Å². The normalized spacial score (nSPS) is 12.7. The molecule has 0 bridgehead atoms. The molecule has 0 aliphatic rings. The molecule has 17 heteroatoms. The minimum atomic E-state index is -4.95. The van der Waals surface area contributed by atoms with Crippen molar-refractivity contribution < 1.29 is 76.4 Å². The van der Waals surface area contributed by atoms with Gasteiger partial charge in [0.15, 0.2) is 26.4 Å². The number of hydrogen-bond donors (Lipinski definition) is 0. The van der Waals surface area contributed by atoms with E-state index in [1.807, 2.05) is 0 Å². The van der Waals surface area contributed by atoms with Crippen molar-refractivity contribution >= 4 is 5.78 Å². The van der Waals surface area contributed by atoms with Crippen LogP contribution in [-0.2, 0) is 0 Å². The number of carbonyl (C=O) groups is 1. The summed E-state index contributed by atoms with van der Waals surface area (Å²) < 4.78 is 169. The zero-order valence-corrected chi connectivity index (χ0v) is 18.4. The zero-order valence-electron chi connectivity index (χ0n) is 18.4. The van der Waals surface area contributed by atoms with Crippen LogP contribution in [0.25, 0.3) is 0 Å². The third kappa shape index (κ3) is 10.8. The summed E-state index contributed by atoms with van der Waals surface area (Å²) >= 11 is 0. The molecule has 2 aromatic carbocycles. The van der Waals surface area contributed by atoms with E-state index < -0.39 is 91.0 Å². The lowest BCUT2D eigenvalue weighted by Gasteiger charge is -2.18. The maximum Gasteiger partial charge on any atom is 0.422 e. The first-order chi connectivity index (χ1) is 17.2. The van der Waals surface area contributed by atoms with Gasteiger partial charge in [0.25, 0.3) is 0 Å². The molecule has 0 aliphatic heterocycles. The van der Waals surface area contributed by atoms with Crippen LogP contribution in [0.3, 0.4) is 0 Å². The molecule has 0 spiro atoms. The van der Waals surface area contributed by atoms with Crippen LogP contribution >= 0.6 is 0 Å². The van der Waals surface area contributed by atoms with Crippen molar-refractivity contribution in [2.45, 2.75) is 24.7 Å². The van der Waals surface area contributed by atoms with Gasteiger partial charge in [0.1, 0.15) is 23.0 Å². The lowest BCUT2D eigenvalue weighted by molar-refractivity contribution is -0.154. The first kappa shape index (κ1) is 30.7. The second kappa shape index (κ2) is 11.5. The molecule has 0 saturated carbocycles. The van der Waals surface area contributed by atoms with E-state index in [2.05, 4.69) is 18.9 Å². The molecular weight excluding hydrogens is 560 g/mol. The van der Waals surface area contributed by atoms with Crippen LogP contribution in [0.4, 0.5) is 52.7 Å². The first-order valence-electron chi connectivity index (χ1n) is 9.83. The molecule has 38 heavy (non-hydrogen) atoms. The largest absolute Gasteiger partial charge is 0.484 e. The Labute approximate surface area is 204 Å². The molecule has 0 radical (unpaired) electrons. The molecule has 0 atom stereocenters. The van der Waals surface area contributed by atoms with E-state index in [0.29, 0.717) is 24.3 Å². The Morgan fingerprint density at radius 1 is 0.500 bits per heavy atom.